The highest BCUT2D eigenvalue weighted by molar-refractivity contribution is 5.86. The molecule has 1 aromatic carbocycles. The van der Waals surface area contributed by atoms with Crippen molar-refractivity contribution >= 4 is 11.0 Å². The molecule has 0 aliphatic heterocycles. The zero-order valence-corrected chi connectivity index (χ0v) is 13.3. The molecule has 0 radical (unpaired) electrons. The van der Waals surface area contributed by atoms with Gasteiger partial charge in [0.1, 0.15) is 34.0 Å². The Bertz CT molecular complexity index is 890. The molecule has 0 fully saturated rings. The summed E-state index contributed by atoms with van der Waals surface area (Å²) in [6, 6.07) is 6.72. The molecule has 0 saturated carbocycles. The molecule has 3 rings (SSSR count). The molecule has 1 N–H and O–H groups in total. The molecule has 0 aliphatic rings. The molecule has 0 bridgehead atoms. The van der Waals surface area contributed by atoms with E-state index < -0.39 is 0 Å². The molecule has 5 nitrogen and oxygen atoms in total. The number of hydrogen-bond donors (Lipinski definition) is 1. The summed E-state index contributed by atoms with van der Waals surface area (Å²) < 4.78 is 16.3. The van der Waals surface area contributed by atoms with Gasteiger partial charge in [-0.25, -0.2) is 0 Å². The fourth-order valence-electron chi connectivity index (χ4n) is 2.80. The maximum absolute atomic E-state index is 12.2. The van der Waals surface area contributed by atoms with Crippen LogP contribution in [0.2, 0.25) is 0 Å². The number of ether oxygens (including phenoxy) is 1. The van der Waals surface area contributed by atoms with Gasteiger partial charge in [0.05, 0.1) is 13.4 Å². The maximum atomic E-state index is 12.2. The Morgan fingerprint density at radius 1 is 1.35 bits per heavy atom. The highest BCUT2D eigenvalue weighted by Gasteiger charge is 2.21. The van der Waals surface area contributed by atoms with Gasteiger partial charge in [0.25, 0.3) is 0 Å². The van der Waals surface area contributed by atoms with Gasteiger partial charge in [0.2, 0.25) is 0 Å². The minimum atomic E-state index is -0.268. The van der Waals surface area contributed by atoms with Crippen molar-refractivity contribution in [2.24, 2.45) is 0 Å². The standard InChI is InChI=1S/C18H18O5/c1-10(14-5-4-6-22-14)7-12-15(21-3)9-16-17(18(12)20)13(19)8-11(2)23-16/h4-6,8-10,20H,7H2,1-3H3/t10-/m0/s1. The van der Waals surface area contributed by atoms with Crippen molar-refractivity contribution in [3.63, 3.8) is 0 Å². The van der Waals surface area contributed by atoms with Crippen molar-refractivity contribution in [2.75, 3.05) is 7.11 Å². The molecule has 0 saturated heterocycles. The normalized spacial score (nSPS) is 12.5. The first-order valence-electron chi connectivity index (χ1n) is 7.38. The van der Waals surface area contributed by atoms with E-state index in [1.807, 2.05) is 19.1 Å². The Morgan fingerprint density at radius 2 is 2.13 bits per heavy atom. The van der Waals surface area contributed by atoms with Gasteiger partial charge in [0, 0.05) is 23.6 Å². The lowest BCUT2D eigenvalue weighted by atomic mass is 9.96. The number of furan rings is 1. The Balaban J connectivity index is 2.15. The number of hydrogen-bond acceptors (Lipinski definition) is 5. The van der Waals surface area contributed by atoms with E-state index in [-0.39, 0.29) is 22.5 Å². The van der Waals surface area contributed by atoms with Crippen molar-refractivity contribution in [3.8, 4) is 11.5 Å². The molecule has 0 unspecified atom stereocenters. The molecular formula is C18H18O5. The second-order valence-corrected chi connectivity index (χ2v) is 5.62. The molecule has 0 aliphatic carbocycles. The largest absolute Gasteiger partial charge is 0.507 e. The second-order valence-electron chi connectivity index (χ2n) is 5.62. The Hall–Kier alpha value is -2.69. The first-order chi connectivity index (χ1) is 11.0. The van der Waals surface area contributed by atoms with E-state index >= 15 is 0 Å². The van der Waals surface area contributed by atoms with Gasteiger partial charge < -0.3 is 18.7 Å². The quantitative estimate of drug-likeness (QED) is 0.794. The Morgan fingerprint density at radius 3 is 2.78 bits per heavy atom. The predicted octanol–water partition coefficient (Wildman–Crippen LogP) is 3.75. The number of phenols is 1. The van der Waals surface area contributed by atoms with Crippen molar-refractivity contribution in [3.05, 3.63) is 57.8 Å². The van der Waals surface area contributed by atoms with Gasteiger partial charge >= 0.3 is 0 Å². The van der Waals surface area contributed by atoms with Gasteiger partial charge in [-0.1, -0.05) is 6.92 Å². The van der Waals surface area contributed by atoms with E-state index in [4.69, 9.17) is 13.6 Å². The molecule has 3 aromatic rings. The van der Waals surface area contributed by atoms with Crippen molar-refractivity contribution < 1.29 is 18.7 Å². The average Bonchev–Trinajstić information content (AvgIpc) is 3.03. The number of phenolic OH excluding ortho intramolecular Hbond substituents is 1. The van der Waals surface area contributed by atoms with E-state index in [9.17, 15) is 9.90 Å². The van der Waals surface area contributed by atoms with Gasteiger partial charge in [-0.3, -0.25) is 4.79 Å². The third-order valence-corrected chi connectivity index (χ3v) is 3.94. The van der Waals surface area contributed by atoms with Crippen LogP contribution in [0.25, 0.3) is 11.0 Å². The van der Waals surface area contributed by atoms with Gasteiger partial charge in [-0.2, -0.15) is 0 Å². The molecular weight excluding hydrogens is 296 g/mol. The number of aromatic hydroxyl groups is 1. The van der Waals surface area contributed by atoms with Crippen LogP contribution in [-0.2, 0) is 6.42 Å². The maximum Gasteiger partial charge on any atom is 0.196 e. The fourth-order valence-corrected chi connectivity index (χ4v) is 2.80. The van der Waals surface area contributed by atoms with Crippen LogP contribution in [0.3, 0.4) is 0 Å². The third-order valence-electron chi connectivity index (χ3n) is 3.94. The van der Waals surface area contributed by atoms with Crippen LogP contribution in [-0.4, -0.2) is 12.2 Å². The second kappa shape index (κ2) is 5.83. The number of fused-ring (bicyclic) bond motifs is 1. The zero-order chi connectivity index (χ0) is 16.6. The van der Waals surface area contributed by atoms with E-state index in [2.05, 4.69) is 0 Å². The van der Waals surface area contributed by atoms with Gasteiger partial charge in [-0.15, -0.1) is 0 Å². The highest BCUT2D eigenvalue weighted by atomic mass is 16.5. The minimum absolute atomic E-state index is 0.0275. The summed E-state index contributed by atoms with van der Waals surface area (Å²) in [7, 11) is 1.52. The van der Waals surface area contributed by atoms with Gasteiger partial charge in [-0.05, 0) is 25.5 Å². The minimum Gasteiger partial charge on any atom is -0.507 e. The van der Waals surface area contributed by atoms with Crippen molar-refractivity contribution in [1.82, 2.24) is 0 Å². The van der Waals surface area contributed by atoms with E-state index in [1.165, 1.54) is 13.2 Å². The zero-order valence-electron chi connectivity index (χ0n) is 13.3. The van der Waals surface area contributed by atoms with E-state index in [0.29, 0.717) is 29.1 Å². The van der Waals surface area contributed by atoms with Crippen LogP contribution in [0.15, 0.2) is 44.2 Å². The van der Waals surface area contributed by atoms with E-state index in [0.717, 1.165) is 5.76 Å². The van der Waals surface area contributed by atoms with Crippen LogP contribution >= 0.6 is 0 Å². The SMILES string of the molecule is COc1cc2oc(C)cc(=O)c2c(O)c1C[C@H](C)c1ccco1. The summed E-state index contributed by atoms with van der Waals surface area (Å²) in [4.78, 5) is 12.2. The van der Waals surface area contributed by atoms with Crippen molar-refractivity contribution in [1.29, 1.82) is 0 Å². The van der Waals surface area contributed by atoms with Crippen LogP contribution < -0.4 is 10.2 Å². The summed E-state index contributed by atoms with van der Waals surface area (Å²) in [6.07, 6.45) is 2.09. The summed E-state index contributed by atoms with van der Waals surface area (Å²) in [6.45, 7) is 3.68. The smallest absolute Gasteiger partial charge is 0.196 e. The lowest BCUT2D eigenvalue weighted by Gasteiger charge is -2.15. The first kappa shape index (κ1) is 15.2. The molecule has 2 heterocycles. The summed E-state index contributed by atoms with van der Waals surface area (Å²) in [5.41, 5.74) is 0.620. The lowest BCUT2D eigenvalue weighted by Crippen LogP contribution is -2.05. The third kappa shape index (κ3) is 2.70. The Labute approximate surface area is 133 Å². The molecule has 0 spiro atoms. The number of benzene rings is 1. The van der Waals surface area contributed by atoms with Crippen LogP contribution in [0.4, 0.5) is 0 Å². The van der Waals surface area contributed by atoms with Crippen molar-refractivity contribution in [2.45, 2.75) is 26.2 Å². The van der Waals surface area contributed by atoms with E-state index in [1.54, 1.807) is 19.3 Å². The van der Waals surface area contributed by atoms with Crippen LogP contribution in [0, 0.1) is 6.92 Å². The summed E-state index contributed by atoms with van der Waals surface area (Å²) in [5.74, 6) is 1.72. The summed E-state index contributed by atoms with van der Waals surface area (Å²) >= 11 is 0. The molecule has 23 heavy (non-hydrogen) atoms. The highest BCUT2D eigenvalue weighted by Crippen LogP contribution is 2.38. The predicted molar refractivity (Wildman–Crippen MR) is 86.3 cm³/mol. The first-order valence-corrected chi connectivity index (χ1v) is 7.38. The van der Waals surface area contributed by atoms with Gasteiger partial charge in [0.15, 0.2) is 5.43 Å². The molecule has 120 valence electrons. The van der Waals surface area contributed by atoms with Crippen LogP contribution in [0.1, 0.15) is 29.9 Å². The molecule has 0 amide bonds. The number of aryl methyl sites for hydroxylation is 1. The summed E-state index contributed by atoms with van der Waals surface area (Å²) in [5, 5.41) is 10.8. The molecule has 2 aromatic heterocycles. The monoisotopic (exact) mass is 314 g/mol. The number of methoxy groups -OCH3 is 1. The Kier molecular flexibility index (Phi) is 3.86. The van der Waals surface area contributed by atoms with Crippen LogP contribution in [0.5, 0.6) is 11.5 Å². The lowest BCUT2D eigenvalue weighted by molar-refractivity contribution is 0.394. The number of rotatable bonds is 4. The average molecular weight is 314 g/mol. The molecule has 5 heteroatoms. The fraction of sp³-hybridized carbons (Fsp3) is 0.278. The molecule has 1 atom stereocenters. The topological polar surface area (TPSA) is 72.8 Å².